The first kappa shape index (κ1) is 5.81. The van der Waals surface area contributed by atoms with Crippen LogP contribution >= 0.6 is 11.5 Å². The summed E-state index contributed by atoms with van der Waals surface area (Å²) in [5.74, 6) is 0. The highest BCUT2D eigenvalue weighted by Gasteiger charge is 2.47. The minimum absolute atomic E-state index is 0.235. The minimum atomic E-state index is -0.235. The Hall–Kier alpha value is -0.950. The SMILES string of the molecule is N#CC1(c2ncns2)CC1. The van der Waals surface area contributed by atoms with Gasteiger partial charge in [0.25, 0.3) is 0 Å². The summed E-state index contributed by atoms with van der Waals surface area (Å²) in [7, 11) is 0. The summed E-state index contributed by atoms with van der Waals surface area (Å²) in [5, 5.41) is 9.60. The third kappa shape index (κ3) is 0.642. The lowest BCUT2D eigenvalue weighted by molar-refractivity contribution is 0.889. The van der Waals surface area contributed by atoms with E-state index in [1.165, 1.54) is 17.9 Å². The second-order valence-corrected chi connectivity index (χ2v) is 3.22. The van der Waals surface area contributed by atoms with E-state index in [9.17, 15) is 0 Å². The summed E-state index contributed by atoms with van der Waals surface area (Å²) >= 11 is 1.33. The maximum absolute atomic E-state index is 8.72. The number of hydrogen-bond acceptors (Lipinski definition) is 4. The van der Waals surface area contributed by atoms with Gasteiger partial charge in [-0.2, -0.15) is 9.64 Å². The average Bonchev–Trinajstić information content (AvgIpc) is 2.58. The Morgan fingerprint density at radius 3 is 2.90 bits per heavy atom. The lowest BCUT2D eigenvalue weighted by Crippen LogP contribution is -2.00. The van der Waals surface area contributed by atoms with Crippen molar-refractivity contribution in [3.8, 4) is 6.07 Å². The molecular weight excluding hydrogens is 146 g/mol. The number of hydrogen-bond donors (Lipinski definition) is 0. The molecule has 0 amide bonds. The van der Waals surface area contributed by atoms with Gasteiger partial charge in [-0.05, 0) is 24.4 Å². The number of nitrogens with zero attached hydrogens (tertiary/aromatic N) is 3. The monoisotopic (exact) mass is 151 g/mol. The van der Waals surface area contributed by atoms with Gasteiger partial charge in [-0.1, -0.05) is 0 Å². The molecule has 1 heterocycles. The summed E-state index contributed by atoms with van der Waals surface area (Å²) in [5.41, 5.74) is -0.235. The smallest absolute Gasteiger partial charge is 0.133 e. The van der Waals surface area contributed by atoms with Crippen LogP contribution in [-0.4, -0.2) is 9.36 Å². The molecule has 0 N–H and O–H groups in total. The van der Waals surface area contributed by atoms with Gasteiger partial charge in [0.15, 0.2) is 0 Å². The van der Waals surface area contributed by atoms with E-state index in [1.807, 2.05) is 0 Å². The van der Waals surface area contributed by atoms with Crippen molar-refractivity contribution in [3.05, 3.63) is 11.3 Å². The lowest BCUT2D eigenvalue weighted by atomic mass is 10.1. The van der Waals surface area contributed by atoms with Crippen molar-refractivity contribution >= 4 is 11.5 Å². The topological polar surface area (TPSA) is 49.6 Å². The molecule has 1 fully saturated rings. The van der Waals surface area contributed by atoms with Gasteiger partial charge >= 0.3 is 0 Å². The van der Waals surface area contributed by atoms with Gasteiger partial charge < -0.3 is 0 Å². The fraction of sp³-hybridized carbons (Fsp3) is 0.500. The molecule has 2 rings (SSSR count). The third-order valence-electron chi connectivity index (χ3n) is 1.73. The van der Waals surface area contributed by atoms with E-state index in [0.29, 0.717) is 0 Å². The van der Waals surface area contributed by atoms with E-state index in [-0.39, 0.29) is 5.41 Å². The van der Waals surface area contributed by atoms with E-state index in [2.05, 4.69) is 15.4 Å². The molecule has 1 saturated carbocycles. The molecule has 4 heteroatoms. The van der Waals surface area contributed by atoms with Gasteiger partial charge in [0.05, 0.1) is 6.07 Å². The molecule has 0 saturated heterocycles. The van der Waals surface area contributed by atoms with Crippen LogP contribution < -0.4 is 0 Å². The summed E-state index contributed by atoms with van der Waals surface area (Å²) < 4.78 is 3.86. The highest BCUT2D eigenvalue weighted by molar-refractivity contribution is 7.05. The van der Waals surface area contributed by atoms with Gasteiger partial charge in [0, 0.05) is 0 Å². The molecule has 0 aromatic carbocycles. The van der Waals surface area contributed by atoms with Crippen LogP contribution in [0.2, 0.25) is 0 Å². The number of nitriles is 1. The van der Waals surface area contributed by atoms with Crippen molar-refractivity contribution in [3.63, 3.8) is 0 Å². The zero-order valence-electron chi connectivity index (χ0n) is 5.24. The molecule has 1 aromatic rings. The maximum atomic E-state index is 8.72. The molecule has 0 radical (unpaired) electrons. The van der Waals surface area contributed by atoms with Gasteiger partial charge in [-0.15, -0.1) is 0 Å². The molecule has 0 bridgehead atoms. The second kappa shape index (κ2) is 1.77. The van der Waals surface area contributed by atoms with Crippen molar-refractivity contribution in [1.82, 2.24) is 9.36 Å². The third-order valence-corrected chi connectivity index (χ3v) is 2.60. The van der Waals surface area contributed by atoms with E-state index in [1.54, 1.807) is 0 Å². The average molecular weight is 151 g/mol. The molecule has 1 aliphatic rings. The van der Waals surface area contributed by atoms with Crippen molar-refractivity contribution in [2.24, 2.45) is 0 Å². The van der Waals surface area contributed by atoms with Crippen LogP contribution in [0, 0.1) is 11.3 Å². The molecule has 1 aliphatic carbocycles. The molecule has 0 unspecified atom stereocenters. The van der Waals surface area contributed by atoms with Crippen LogP contribution in [0.15, 0.2) is 6.33 Å². The molecule has 0 aliphatic heterocycles. The van der Waals surface area contributed by atoms with E-state index in [0.717, 1.165) is 17.8 Å². The Kier molecular flexibility index (Phi) is 1.03. The predicted molar refractivity (Wildman–Crippen MR) is 36.4 cm³/mol. The summed E-state index contributed by atoms with van der Waals surface area (Å²) in [6.07, 6.45) is 3.43. The maximum Gasteiger partial charge on any atom is 0.133 e. The van der Waals surface area contributed by atoms with Crippen LogP contribution in [0.1, 0.15) is 17.8 Å². The molecule has 0 atom stereocenters. The molecule has 3 nitrogen and oxygen atoms in total. The Balaban J connectivity index is 2.38. The van der Waals surface area contributed by atoms with Gasteiger partial charge in [0.1, 0.15) is 16.7 Å². The first-order valence-corrected chi connectivity index (χ1v) is 3.83. The summed E-state index contributed by atoms with van der Waals surface area (Å²) in [6, 6.07) is 2.26. The van der Waals surface area contributed by atoms with E-state index in [4.69, 9.17) is 5.26 Å². The fourth-order valence-electron chi connectivity index (χ4n) is 0.882. The Morgan fingerprint density at radius 1 is 1.70 bits per heavy atom. The second-order valence-electron chi connectivity index (χ2n) is 2.44. The van der Waals surface area contributed by atoms with Crippen molar-refractivity contribution < 1.29 is 0 Å². The summed E-state index contributed by atoms with van der Waals surface area (Å²) in [6.45, 7) is 0. The molecule has 10 heavy (non-hydrogen) atoms. The van der Waals surface area contributed by atoms with Crippen molar-refractivity contribution in [2.75, 3.05) is 0 Å². The minimum Gasteiger partial charge on any atom is -0.226 e. The molecular formula is C6H5N3S. The van der Waals surface area contributed by atoms with Gasteiger partial charge in [-0.3, -0.25) is 0 Å². The fourth-order valence-corrected chi connectivity index (χ4v) is 1.60. The standard InChI is InChI=1S/C6H5N3S/c7-3-6(1-2-6)5-8-4-9-10-5/h4H,1-2H2. The molecule has 1 aromatic heterocycles. The number of rotatable bonds is 1. The van der Waals surface area contributed by atoms with Crippen LogP contribution in [0.5, 0.6) is 0 Å². The predicted octanol–water partition coefficient (Wildman–Crippen LogP) is 1.09. The largest absolute Gasteiger partial charge is 0.226 e. The zero-order valence-corrected chi connectivity index (χ0v) is 6.06. The zero-order chi connectivity index (χ0) is 7.03. The number of aromatic nitrogens is 2. The van der Waals surface area contributed by atoms with Crippen molar-refractivity contribution in [2.45, 2.75) is 18.3 Å². The van der Waals surface area contributed by atoms with Crippen LogP contribution in [0.3, 0.4) is 0 Å². The quantitative estimate of drug-likeness (QED) is 0.603. The van der Waals surface area contributed by atoms with Gasteiger partial charge in [-0.25, -0.2) is 4.98 Å². The molecule has 50 valence electrons. The Bertz CT molecular complexity index is 268. The van der Waals surface area contributed by atoms with Crippen LogP contribution in [0.25, 0.3) is 0 Å². The van der Waals surface area contributed by atoms with E-state index >= 15 is 0 Å². The Labute approximate surface area is 62.5 Å². The normalized spacial score (nSPS) is 19.9. The highest BCUT2D eigenvalue weighted by atomic mass is 32.1. The van der Waals surface area contributed by atoms with Gasteiger partial charge in [0.2, 0.25) is 0 Å². The lowest BCUT2D eigenvalue weighted by Gasteiger charge is -1.94. The summed E-state index contributed by atoms with van der Waals surface area (Å²) in [4.78, 5) is 4.01. The molecule has 0 spiro atoms. The van der Waals surface area contributed by atoms with Crippen LogP contribution in [0.4, 0.5) is 0 Å². The van der Waals surface area contributed by atoms with Crippen molar-refractivity contribution in [1.29, 1.82) is 5.26 Å². The van der Waals surface area contributed by atoms with Crippen LogP contribution in [-0.2, 0) is 5.41 Å². The first-order valence-electron chi connectivity index (χ1n) is 3.06. The highest BCUT2D eigenvalue weighted by Crippen LogP contribution is 2.47. The first-order chi connectivity index (χ1) is 4.87. The van der Waals surface area contributed by atoms with E-state index < -0.39 is 0 Å². The Morgan fingerprint density at radius 2 is 2.50 bits per heavy atom.